The van der Waals surface area contributed by atoms with E-state index in [1.807, 2.05) is 30.3 Å². The number of amides is 1. The maximum Gasteiger partial charge on any atom is 0.262 e. The zero-order chi connectivity index (χ0) is 21.6. The smallest absolute Gasteiger partial charge is 0.262 e. The number of benzene rings is 2. The fraction of sp³-hybridized carbons (Fsp3) is 0.360. The lowest BCUT2D eigenvalue weighted by Gasteiger charge is -2.26. The number of nitrogens with zero attached hydrogens (tertiary/aromatic N) is 2. The molecule has 1 amide bonds. The summed E-state index contributed by atoms with van der Waals surface area (Å²) in [5, 5.41) is 4.25. The second-order valence-corrected chi connectivity index (χ2v) is 7.97. The monoisotopic (exact) mass is 419 g/mol. The van der Waals surface area contributed by atoms with E-state index in [2.05, 4.69) is 10.2 Å². The van der Waals surface area contributed by atoms with Crippen molar-refractivity contribution in [2.24, 2.45) is 0 Å². The molecule has 0 aliphatic carbocycles. The van der Waals surface area contributed by atoms with Gasteiger partial charge in [0.1, 0.15) is 5.75 Å². The van der Waals surface area contributed by atoms with Crippen LogP contribution in [-0.2, 0) is 0 Å². The molecule has 6 heteroatoms. The van der Waals surface area contributed by atoms with Gasteiger partial charge in [0.25, 0.3) is 11.5 Å². The number of nitrogens with one attached hydrogen (secondary N) is 1. The van der Waals surface area contributed by atoms with Crippen LogP contribution in [0.4, 0.5) is 0 Å². The van der Waals surface area contributed by atoms with Gasteiger partial charge in [-0.05, 0) is 69.2 Å². The minimum Gasteiger partial charge on any atom is -0.497 e. The van der Waals surface area contributed by atoms with E-state index in [9.17, 15) is 9.59 Å². The summed E-state index contributed by atoms with van der Waals surface area (Å²) in [6.07, 6.45) is 6.43. The van der Waals surface area contributed by atoms with E-state index in [1.54, 1.807) is 31.5 Å². The molecule has 0 spiro atoms. The molecule has 3 aromatic rings. The highest BCUT2D eigenvalue weighted by Crippen LogP contribution is 2.19. The third-order valence-electron chi connectivity index (χ3n) is 5.91. The summed E-state index contributed by atoms with van der Waals surface area (Å²) in [5.41, 5.74) is 1.04. The Bertz CT molecular complexity index is 1100. The highest BCUT2D eigenvalue weighted by Gasteiger charge is 2.16. The number of likely N-dealkylation sites (tertiary alicyclic amines) is 1. The van der Waals surface area contributed by atoms with Crippen LogP contribution in [0.2, 0.25) is 0 Å². The first-order valence-electron chi connectivity index (χ1n) is 11.0. The van der Waals surface area contributed by atoms with Crippen molar-refractivity contribution in [2.45, 2.75) is 25.7 Å². The highest BCUT2D eigenvalue weighted by atomic mass is 16.5. The molecule has 2 aromatic carbocycles. The van der Waals surface area contributed by atoms with Crippen molar-refractivity contribution in [3.8, 4) is 11.4 Å². The number of hydrogen-bond donors (Lipinski definition) is 1. The molecule has 1 aliphatic heterocycles. The SMILES string of the molecule is COc1ccc(-n2cc(C(=O)NCCCN3CCCCC3)c3ccccc3c2=O)cc1. The Morgan fingerprint density at radius 2 is 1.71 bits per heavy atom. The Kier molecular flexibility index (Phi) is 6.67. The molecule has 1 aromatic heterocycles. The van der Waals surface area contributed by atoms with Crippen molar-refractivity contribution in [3.63, 3.8) is 0 Å². The molecule has 4 rings (SSSR count). The molecule has 0 radical (unpaired) electrons. The van der Waals surface area contributed by atoms with E-state index in [1.165, 1.54) is 23.8 Å². The molecule has 2 heterocycles. The van der Waals surface area contributed by atoms with Crippen molar-refractivity contribution in [1.82, 2.24) is 14.8 Å². The van der Waals surface area contributed by atoms with E-state index in [0.29, 0.717) is 34.3 Å². The van der Waals surface area contributed by atoms with Crippen molar-refractivity contribution in [2.75, 3.05) is 33.3 Å². The zero-order valence-electron chi connectivity index (χ0n) is 18.0. The molecule has 1 aliphatic rings. The van der Waals surface area contributed by atoms with E-state index in [4.69, 9.17) is 4.74 Å². The van der Waals surface area contributed by atoms with Gasteiger partial charge in [0.05, 0.1) is 12.7 Å². The summed E-state index contributed by atoms with van der Waals surface area (Å²) in [7, 11) is 1.60. The van der Waals surface area contributed by atoms with E-state index >= 15 is 0 Å². The Balaban J connectivity index is 1.56. The molecular formula is C25H29N3O3. The third-order valence-corrected chi connectivity index (χ3v) is 5.91. The van der Waals surface area contributed by atoms with Crippen LogP contribution in [0.25, 0.3) is 16.5 Å². The molecular weight excluding hydrogens is 390 g/mol. The Morgan fingerprint density at radius 3 is 2.42 bits per heavy atom. The minimum absolute atomic E-state index is 0.151. The molecule has 1 N–H and O–H groups in total. The van der Waals surface area contributed by atoms with Gasteiger partial charge >= 0.3 is 0 Å². The van der Waals surface area contributed by atoms with Crippen molar-refractivity contribution >= 4 is 16.7 Å². The Labute approximate surface area is 182 Å². The van der Waals surface area contributed by atoms with Gasteiger partial charge in [-0.2, -0.15) is 0 Å². The molecule has 162 valence electrons. The maximum absolute atomic E-state index is 13.1. The molecule has 31 heavy (non-hydrogen) atoms. The predicted octanol–water partition coefficient (Wildman–Crippen LogP) is 3.61. The van der Waals surface area contributed by atoms with Crippen LogP contribution in [-0.4, -0.2) is 48.7 Å². The number of fused-ring (bicyclic) bond motifs is 1. The number of rotatable bonds is 7. The van der Waals surface area contributed by atoms with Crippen LogP contribution in [0, 0.1) is 0 Å². The van der Waals surface area contributed by atoms with Crippen LogP contribution in [0.15, 0.2) is 59.5 Å². The van der Waals surface area contributed by atoms with Gasteiger partial charge < -0.3 is 15.0 Å². The van der Waals surface area contributed by atoms with Crippen LogP contribution in [0.3, 0.4) is 0 Å². The number of methoxy groups -OCH3 is 1. The Hall–Kier alpha value is -3.12. The first-order valence-corrected chi connectivity index (χ1v) is 11.0. The number of carbonyl (C=O) groups excluding carboxylic acids is 1. The summed E-state index contributed by atoms with van der Waals surface area (Å²) < 4.78 is 6.74. The summed E-state index contributed by atoms with van der Waals surface area (Å²) in [4.78, 5) is 28.6. The summed E-state index contributed by atoms with van der Waals surface area (Å²) in [6, 6.07) is 14.5. The van der Waals surface area contributed by atoms with Gasteiger partial charge in [0.15, 0.2) is 0 Å². The zero-order valence-corrected chi connectivity index (χ0v) is 18.0. The summed E-state index contributed by atoms with van der Waals surface area (Å²) in [5.74, 6) is 0.557. The maximum atomic E-state index is 13.1. The Morgan fingerprint density at radius 1 is 1.00 bits per heavy atom. The number of carbonyl (C=O) groups is 1. The first kappa shape index (κ1) is 21.1. The number of pyridine rings is 1. The predicted molar refractivity (Wildman–Crippen MR) is 123 cm³/mol. The topological polar surface area (TPSA) is 63.6 Å². The number of piperidine rings is 1. The lowest BCUT2D eigenvalue weighted by Crippen LogP contribution is -2.33. The van der Waals surface area contributed by atoms with E-state index in [-0.39, 0.29) is 11.5 Å². The van der Waals surface area contributed by atoms with Crippen LogP contribution in [0.5, 0.6) is 5.75 Å². The van der Waals surface area contributed by atoms with E-state index < -0.39 is 0 Å². The van der Waals surface area contributed by atoms with Gasteiger partial charge in [-0.15, -0.1) is 0 Å². The van der Waals surface area contributed by atoms with E-state index in [0.717, 1.165) is 26.1 Å². The second-order valence-electron chi connectivity index (χ2n) is 7.97. The van der Waals surface area contributed by atoms with Gasteiger partial charge in [0.2, 0.25) is 0 Å². The lowest BCUT2D eigenvalue weighted by atomic mass is 10.1. The third kappa shape index (κ3) is 4.80. The fourth-order valence-corrected chi connectivity index (χ4v) is 4.19. The molecule has 1 saturated heterocycles. The van der Waals surface area contributed by atoms with Crippen molar-refractivity contribution in [3.05, 3.63) is 70.6 Å². The van der Waals surface area contributed by atoms with Gasteiger partial charge in [-0.1, -0.05) is 24.6 Å². The molecule has 0 atom stereocenters. The number of aromatic nitrogens is 1. The van der Waals surface area contributed by atoms with Crippen molar-refractivity contribution < 1.29 is 9.53 Å². The van der Waals surface area contributed by atoms with Crippen LogP contribution in [0.1, 0.15) is 36.0 Å². The fourth-order valence-electron chi connectivity index (χ4n) is 4.19. The van der Waals surface area contributed by atoms with Gasteiger partial charge in [0, 0.05) is 29.2 Å². The normalized spacial score (nSPS) is 14.5. The average Bonchev–Trinajstić information content (AvgIpc) is 2.83. The van der Waals surface area contributed by atoms with Crippen LogP contribution >= 0.6 is 0 Å². The standard InChI is InChI=1S/C25H29N3O3/c1-31-20-12-10-19(11-13-20)28-18-23(21-8-3-4-9-22(21)25(28)30)24(29)26-14-7-17-27-15-5-2-6-16-27/h3-4,8-13,18H,2,5-7,14-17H2,1H3,(H,26,29). The van der Waals surface area contributed by atoms with Gasteiger partial charge in [-0.25, -0.2) is 0 Å². The minimum atomic E-state index is -0.155. The first-order chi connectivity index (χ1) is 15.2. The molecule has 1 fully saturated rings. The largest absolute Gasteiger partial charge is 0.497 e. The number of hydrogen-bond acceptors (Lipinski definition) is 4. The molecule has 0 unspecified atom stereocenters. The highest BCUT2D eigenvalue weighted by molar-refractivity contribution is 6.06. The summed E-state index contributed by atoms with van der Waals surface area (Å²) >= 11 is 0. The lowest BCUT2D eigenvalue weighted by molar-refractivity contribution is 0.0952. The number of ether oxygens (including phenoxy) is 1. The molecule has 0 saturated carbocycles. The average molecular weight is 420 g/mol. The molecule has 0 bridgehead atoms. The molecule has 6 nitrogen and oxygen atoms in total. The second kappa shape index (κ2) is 9.79. The van der Waals surface area contributed by atoms with Gasteiger partial charge in [-0.3, -0.25) is 14.2 Å². The van der Waals surface area contributed by atoms with Crippen LogP contribution < -0.4 is 15.6 Å². The summed E-state index contributed by atoms with van der Waals surface area (Å²) in [6.45, 7) is 3.94. The van der Waals surface area contributed by atoms with Crippen molar-refractivity contribution in [1.29, 1.82) is 0 Å². The quantitative estimate of drug-likeness (QED) is 0.595.